The minimum Gasteiger partial charge on any atom is -0.461 e. The summed E-state index contributed by atoms with van der Waals surface area (Å²) in [7, 11) is 0. The molecule has 202 valence electrons. The molecule has 1 rings (SSSR count). The van der Waals surface area contributed by atoms with E-state index in [-0.39, 0.29) is 44.3 Å². The third-order valence-electron chi connectivity index (χ3n) is 4.40. The largest absolute Gasteiger partial charge is 0.513 e. The lowest BCUT2D eigenvalue weighted by molar-refractivity contribution is -0.148. The van der Waals surface area contributed by atoms with Crippen molar-refractivity contribution in [2.24, 2.45) is 5.73 Å². The Morgan fingerprint density at radius 3 is 2.08 bits per heavy atom. The van der Waals surface area contributed by atoms with Crippen molar-refractivity contribution in [3.8, 4) is 11.5 Å². The summed E-state index contributed by atoms with van der Waals surface area (Å²) in [5, 5.41) is 0. The third-order valence-corrected chi connectivity index (χ3v) is 4.40. The van der Waals surface area contributed by atoms with E-state index in [0.29, 0.717) is 5.56 Å². The second-order valence-electron chi connectivity index (χ2n) is 7.53. The van der Waals surface area contributed by atoms with Gasteiger partial charge in [0.2, 0.25) is 0 Å². The summed E-state index contributed by atoms with van der Waals surface area (Å²) in [4.78, 5) is 47.4. The Kier molecular flexibility index (Phi) is 14.4. The van der Waals surface area contributed by atoms with E-state index in [9.17, 15) is 19.2 Å². The Morgan fingerprint density at radius 2 is 1.47 bits per heavy atom. The van der Waals surface area contributed by atoms with Gasteiger partial charge in [-0.15, -0.1) is 0 Å². The molecular weight excluding hydrogens is 478 g/mol. The number of rotatable bonds is 14. The maximum Gasteiger partial charge on any atom is 0.513 e. The van der Waals surface area contributed by atoms with Crippen LogP contribution < -0.4 is 15.2 Å². The van der Waals surface area contributed by atoms with E-state index in [1.54, 1.807) is 20.8 Å². The fourth-order valence-electron chi connectivity index (χ4n) is 2.70. The number of ether oxygens (including phenoxy) is 7. The minimum absolute atomic E-state index is 0.00636. The van der Waals surface area contributed by atoms with E-state index >= 15 is 0 Å². The Hall–Kier alpha value is -3.54. The van der Waals surface area contributed by atoms with Crippen molar-refractivity contribution in [3.05, 3.63) is 23.8 Å². The van der Waals surface area contributed by atoms with Crippen LogP contribution in [0.1, 0.15) is 52.5 Å². The summed E-state index contributed by atoms with van der Waals surface area (Å²) >= 11 is 0. The Bertz CT molecular complexity index is 858. The number of esters is 1. The maximum absolute atomic E-state index is 12.3. The topological polar surface area (TPSA) is 159 Å². The zero-order valence-corrected chi connectivity index (χ0v) is 21.1. The van der Waals surface area contributed by atoms with Gasteiger partial charge in [0, 0.05) is 0 Å². The highest BCUT2D eigenvalue weighted by molar-refractivity contribution is 5.76. The third kappa shape index (κ3) is 12.2. The molecule has 0 bridgehead atoms. The van der Waals surface area contributed by atoms with Crippen molar-refractivity contribution >= 4 is 24.4 Å². The Labute approximate surface area is 210 Å². The average molecular weight is 514 g/mol. The van der Waals surface area contributed by atoms with E-state index in [1.165, 1.54) is 18.2 Å². The van der Waals surface area contributed by atoms with Crippen LogP contribution >= 0.6 is 0 Å². The maximum atomic E-state index is 12.3. The summed E-state index contributed by atoms with van der Waals surface area (Å²) in [5.41, 5.74) is 6.42. The molecule has 0 heterocycles. The molecular formula is C24H35NO11. The first kappa shape index (κ1) is 30.5. The van der Waals surface area contributed by atoms with Crippen LogP contribution in [0.4, 0.5) is 14.4 Å². The van der Waals surface area contributed by atoms with Gasteiger partial charge in [0.05, 0.1) is 19.8 Å². The van der Waals surface area contributed by atoms with Gasteiger partial charge in [-0.05, 0) is 51.3 Å². The molecule has 36 heavy (non-hydrogen) atoms. The van der Waals surface area contributed by atoms with Crippen LogP contribution in [0.5, 0.6) is 11.5 Å². The van der Waals surface area contributed by atoms with Crippen LogP contribution in [0, 0.1) is 0 Å². The number of hydrogen-bond acceptors (Lipinski definition) is 12. The summed E-state index contributed by atoms with van der Waals surface area (Å²) in [5.74, 6) is -0.950. The molecule has 0 aromatic heterocycles. The fraction of sp³-hybridized carbons (Fsp3) is 0.583. The zero-order valence-electron chi connectivity index (χ0n) is 21.1. The Balaban J connectivity index is 2.68. The number of carbonyl (C=O) groups is 4. The van der Waals surface area contributed by atoms with Crippen LogP contribution in [0.15, 0.2) is 18.2 Å². The number of nitrogens with two attached hydrogens (primary N) is 1. The molecule has 0 aliphatic carbocycles. The molecule has 0 radical (unpaired) electrons. The number of benzene rings is 1. The van der Waals surface area contributed by atoms with E-state index in [1.807, 2.05) is 6.92 Å². The molecule has 1 aromatic carbocycles. The minimum atomic E-state index is -1.08. The quantitative estimate of drug-likeness (QED) is 0.166. The van der Waals surface area contributed by atoms with Gasteiger partial charge in [-0.1, -0.05) is 25.8 Å². The van der Waals surface area contributed by atoms with Gasteiger partial charge in [0.25, 0.3) is 0 Å². The van der Waals surface area contributed by atoms with E-state index in [0.717, 1.165) is 19.3 Å². The van der Waals surface area contributed by atoms with Crippen molar-refractivity contribution in [3.63, 3.8) is 0 Å². The molecule has 12 heteroatoms. The lowest BCUT2D eigenvalue weighted by Gasteiger charge is -2.16. The van der Waals surface area contributed by atoms with Crippen molar-refractivity contribution < 1.29 is 52.3 Å². The SMILES string of the molecule is CCCCCOC(=O)O[C@@H](C)COC(=O)[C@@H](N)Cc1ccc(OC(=O)OCC)c(OC(=O)OCC)c1. The summed E-state index contributed by atoms with van der Waals surface area (Å²) in [6.45, 7) is 7.00. The smallest absolute Gasteiger partial charge is 0.461 e. The van der Waals surface area contributed by atoms with E-state index in [2.05, 4.69) is 0 Å². The lowest BCUT2D eigenvalue weighted by Crippen LogP contribution is -2.36. The molecule has 12 nitrogen and oxygen atoms in total. The fourth-order valence-corrected chi connectivity index (χ4v) is 2.70. The van der Waals surface area contributed by atoms with Crippen molar-refractivity contribution in [2.75, 3.05) is 26.4 Å². The summed E-state index contributed by atoms with van der Waals surface area (Å²) in [6, 6.07) is 3.19. The molecule has 0 amide bonds. The molecule has 2 atom stereocenters. The zero-order chi connectivity index (χ0) is 26.9. The summed E-state index contributed by atoms with van der Waals surface area (Å²) in [6.07, 6.45) is -0.877. The highest BCUT2D eigenvalue weighted by Crippen LogP contribution is 2.30. The molecule has 0 spiro atoms. The molecule has 0 aliphatic heterocycles. The van der Waals surface area contributed by atoms with Crippen LogP contribution in [0.2, 0.25) is 0 Å². The molecule has 0 unspecified atom stereocenters. The van der Waals surface area contributed by atoms with Crippen molar-refractivity contribution in [1.29, 1.82) is 0 Å². The second kappa shape index (κ2) is 17.0. The highest BCUT2D eigenvalue weighted by atomic mass is 16.7. The van der Waals surface area contributed by atoms with Gasteiger partial charge in [-0.25, -0.2) is 14.4 Å². The van der Waals surface area contributed by atoms with Crippen molar-refractivity contribution in [1.82, 2.24) is 0 Å². The first-order valence-corrected chi connectivity index (χ1v) is 11.8. The Morgan fingerprint density at radius 1 is 0.833 bits per heavy atom. The predicted octanol–water partition coefficient (Wildman–Crippen LogP) is 3.90. The first-order chi connectivity index (χ1) is 17.2. The van der Waals surface area contributed by atoms with E-state index in [4.69, 9.17) is 38.9 Å². The predicted molar refractivity (Wildman–Crippen MR) is 126 cm³/mol. The number of carbonyl (C=O) groups excluding carboxylic acids is 4. The van der Waals surface area contributed by atoms with Gasteiger partial charge in [0.15, 0.2) is 11.5 Å². The monoisotopic (exact) mass is 513 g/mol. The molecule has 2 N–H and O–H groups in total. The average Bonchev–Trinajstić information content (AvgIpc) is 2.82. The van der Waals surface area contributed by atoms with E-state index < -0.39 is 36.6 Å². The van der Waals surface area contributed by atoms with Gasteiger partial charge in [-0.2, -0.15) is 0 Å². The summed E-state index contributed by atoms with van der Waals surface area (Å²) < 4.78 is 34.7. The van der Waals surface area contributed by atoms with Crippen LogP contribution in [-0.2, 0) is 34.9 Å². The highest BCUT2D eigenvalue weighted by Gasteiger charge is 2.21. The first-order valence-electron chi connectivity index (χ1n) is 11.8. The number of hydrogen-bond donors (Lipinski definition) is 1. The number of unbranched alkanes of at least 4 members (excludes halogenated alkanes) is 2. The van der Waals surface area contributed by atoms with Crippen LogP contribution in [-0.4, -0.2) is 63.0 Å². The molecule has 0 saturated heterocycles. The van der Waals surface area contributed by atoms with Gasteiger partial charge >= 0.3 is 24.4 Å². The molecule has 0 fully saturated rings. The molecule has 1 aromatic rings. The molecule has 0 aliphatic rings. The van der Waals surface area contributed by atoms with Crippen LogP contribution in [0.25, 0.3) is 0 Å². The lowest BCUT2D eigenvalue weighted by atomic mass is 10.1. The van der Waals surface area contributed by atoms with Gasteiger partial charge in [-0.3, -0.25) is 4.79 Å². The van der Waals surface area contributed by atoms with Gasteiger partial charge < -0.3 is 38.9 Å². The normalized spacial score (nSPS) is 12.0. The second-order valence-corrected chi connectivity index (χ2v) is 7.53. The van der Waals surface area contributed by atoms with Crippen LogP contribution in [0.3, 0.4) is 0 Å². The standard InChI is InChI=1S/C24H35NO11/c1-5-8-9-12-32-24(29)34-16(4)15-33-21(26)18(25)13-17-10-11-19(35-22(27)30-6-2)20(14-17)36-23(28)31-7-3/h10-11,14,16,18H,5-9,12-13,15,25H2,1-4H3/t16-,18-/m0/s1. The van der Waals surface area contributed by atoms with Crippen molar-refractivity contribution in [2.45, 2.75) is 65.5 Å². The molecule has 0 saturated carbocycles. The van der Waals surface area contributed by atoms with Gasteiger partial charge in [0.1, 0.15) is 18.8 Å².